The van der Waals surface area contributed by atoms with E-state index in [9.17, 15) is 14.9 Å². The van der Waals surface area contributed by atoms with Crippen LogP contribution in [0.25, 0.3) is 0 Å². The number of nitro benzene ring substituents is 1. The van der Waals surface area contributed by atoms with Gasteiger partial charge in [0.15, 0.2) is 0 Å². The number of nitrogens with zero attached hydrogens (tertiary/aromatic N) is 2. The molecule has 22 heavy (non-hydrogen) atoms. The van der Waals surface area contributed by atoms with E-state index in [2.05, 4.69) is 4.57 Å². The van der Waals surface area contributed by atoms with Crippen molar-refractivity contribution in [1.82, 2.24) is 4.57 Å². The van der Waals surface area contributed by atoms with E-state index in [-0.39, 0.29) is 17.8 Å². The van der Waals surface area contributed by atoms with Gasteiger partial charge in [-0.1, -0.05) is 6.08 Å². The molecule has 1 aliphatic rings. The van der Waals surface area contributed by atoms with Gasteiger partial charge in [-0.3, -0.25) is 10.1 Å². The van der Waals surface area contributed by atoms with E-state index in [1.54, 1.807) is 0 Å². The fourth-order valence-corrected chi connectivity index (χ4v) is 2.45. The predicted octanol–water partition coefficient (Wildman–Crippen LogP) is 3.12. The van der Waals surface area contributed by atoms with Gasteiger partial charge in [-0.2, -0.15) is 0 Å². The molecular weight excluding hydrogens is 284 g/mol. The van der Waals surface area contributed by atoms with Crippen LogP contribution in [0.4, 0.5) is 5.69 Å². The number of allylic oxidation sites excluding steroid dienone is 1. The second-order valence-corrected chi connectivity index (χ2v) is 5.07. The molecule has 1 aromatic carbocycles. The van der Waals surface area contributed by atoms with Crippen LogP contribution in [-0.4, -0.2) is 21.6 Å². The van der Waals surface area contributed by atoms with Gasteiger partial charge in [-0.25, -0.2) is 4.79 Å². The average Bonchev–Trinajstić information content (AvgIpc) is 3.18. The minimum atomic E-state index is -0.503. The van der Waals surface area contributed by atoms with Crippen molar-refractivity contribution in [2.24, 2.45) is 0 Å². The first-order valence-corrected chi connectivity index (χ1v) is 6.90. The van der Waals surface area contributed by atoms with E-state index in [1.165, 1.54) is 24.3 Å². The summed E-state index contributed by atoms with van der Waals surface area (Å²) in [5.41, 5.74) is 0.258. The third kappa shape index (κ3) is 2.90. The summed E-state index contributed by atoms with van der Waals surface area (Å²) in [5.74, 6) is -0.474. The van der Waals surface area contributed by atoms with E-state index in [1.807, 2.05) is 36.7 Å². The summed E-state index contributed by atoms with van der Waals surface area (Å²) in [6.45, 7) is 0. The maximum atomic E-state index is 12.0. The summed E-state index contributed by atoms with van der Waals surface area (Å²) >= 11 is 0. The van der Waals surface area contributed by atoms with Crippen molar-refractivity contribution >= 4 is 11.7 Å². The molecule has 2 atom stereocenters. The molecule has 6 heteroatoms. The lowest BCUT2D eigenvalue weighted by molar-refractivity contribution is -0.384. The average molecular weight is 298 g/mol. The number of hydrogen-bond acceptors (Lipinski definition) is 4. The smallest absolute Gasteiger partial charge is 0.338 e. The number of nitro groups is 1. The Labute approximate surface area is 126 Å². The molecule has 1 heterocycles. The molecule has 0 spiro atoms. The molecule has 0 N–H and O–H groups in total. The van der Waals surface area contributed by atoms with Gasteiger partial charge in [0.05, 0.1) is 16.5 Å². The summed E-state index contributed by atoms with van der Waals surface area (Å²) in [5, 5.41) is 10.6. The van der Waals surface area contributed by atoms with Gasteiger partial charge < -0.3 is 9.30 Å². The van der Waals surface area contributed by atoms with Crippen LogP contribution in [-0.2, 0) is 4.74 Å². The summed E-state index contributed by atoms with van der Waals surface area (Å²) < 4.78 is 7.47. The third-order valence-electron chi connectivity index (χ3n) is 3.60. The zero-order valence-corrected chi connectivity index (χ0v) is 11.7. The van der Waals surface area contributed by atoms with Crippen molar-refractivity contribution in [3.63, 3.8) is 0 Å². The molecule has 1 aromatic heterocycles. The van der Waals surface area contributed by atoms with Crippen LogP contribution < -0.4 is 0 Å². The molecule has 0 amide bonds. The number of esters is 1. The van der Waals surface area contributed by atoms with Crippen molar-refractivity contribution < 1.29 is 14.5 Å². The molecule has 6 nitrogen and oxygen atoms in total. The van der Waals surface area contributed by atoms with Crippen molar-refractivity contribution in [1.29, 1.82) is 0 Å². The zero-order valence-electron chi connectivity index (χ0n) is 11.7. The number of ether oxygens (including phenoxy) is 1. The highest BCUT2D eigenvalue weighted by atomic mass is 16.6. The van der Waals surface area contributed by atoms with Crippen LogP contribution in [0.5, 0.6) is 0 Å². The SMILES string of the molecule is O=C(O[C@H]1C=C[C@H](n2cccc2)C1)c1ccc([N+](=O)[O-])cc1. The number of rotatable bonds is 4. The normalized spacial score (nSPS) is 20.0. The molecule has 0 saturated heterocycles. The monoisotopic (exact) mass is 298 g/mol. The van der Waals surface area contributed by atoms with E-state index < -0.39 is 10.9 Å². The number of benzene rings is 1. The number of hydrogen-bond donors (Lipinski definition) is 0. The van der Waals surface area contributed by atoms with E-state index >= 15 is 0 Å². The number of carbonyl (C=O) groups excluding carboxylic acids is 1. The Balaban J connectivity index is 1.61. The Morgan fingerprint density at radius 1 is 1.18 bits per heavy atom. The molecule has 0 aliphatic heterocycles. The molecule has 2 aromatic rings. The van der Waals surface area contributed by atoms with Crippen molar-refractivity contribution in [3.05, 3.63) is 76.6 Å². The zero-order chi connectivity index (χ0) is 15.5. The second kappa shape index (κ2) is 5.85. The van der Waals surface area contributed by atoms with Crippen LogP contribution in [0.3, 0.4) is 0 Å². The quantitative estimate of drug-likeness (QED) is 0.376. The number of non-ortho nitro benzene ring substituents is 1. The first-order chi connectivity index (χ1) is 10.6. The minimum absolute atomic E-state index is 0.0509. The third-order valence-corrected chi connectivity index (χ3v) is 3.60. The highest BCUT2D eigenvalue weighted by Crippen LogP contribution is 2.26. The molecule has 3 rings (SSSR count). The van der Waals surface area contributed by atoms with Crippen LogP contribution in [0.1, 0.15) is 22.8 Å². The van der Waals surface area contributed by atoms with Gasteiger partial charge in [-0.15, -0.1) is 0 Å². The Morgan fingerprint density at radius 3 is 2.50 bits per heavy atom. The summed E-state index contributed by atoms with van der Waals surface area (Å²) in [7, 11) is 0. The number of carbonyl (C=O) groups is 1. The molecule has 0 saturated carbocycles. The topological polar surface area (TPSA) is 74.4 Å². The summed E-state index contributed by atoms with van der Waals surface area (Å²) in [6.07, 6.45) is 8.22. The second-order valence-electron chi connectivity index (χ2n) is 5.07. The van der Waals surface area contributed by atoms with Gasteiger partial charge in [0.25, 0.3) is 5.69 Å². The first-order valence-electron chi connectivity index (χ1n) is 6.90. The lowest BCUT2D eigenvalue weighted by Gasteiger charge is -2.14. The van der Waals surface area contributed by atoms with Crippen molar-refractivity contribution in [2.45, 2.75) is 18.6 Å². The summed E-state index contributed by atoms with van der Waals surface area (Å²) in [4.78, 5) is 22.1. The Morgan fingerprint density at radius 2 is 1.86 bits per heavy atom. The van der Waals surface area contributed by atoms with Crippen LogP contribution in [0, 0.1) is 10.1 Å². The lowest BCUT2D eigenvalue weighted by Crippen LogP contribution is -2.16. The van der Waals surface area contributed by atoms with Gasteiger partial charge in [0.2, 0.25) is 0 Å². The summed E-state index contributed by atoms with van der Waals surface area (Å²) in [6, 6.07) is 9.48. The highest BCUT2D eigenvalue weighted by Gasteiger charge is 2.23. The van der Waals surface area contributed by atoms with Gasteiger partial charge in [-0.05, 0) is 30.3 Å². The van der Waals surface area contributed by atoms with E-state index in [0.717, 1.165) is 0 Å². The van der Waals surface area contributed by atoms with Crippen LogP contribution in [0.15, 0.2) is 60.9 Å². The predicted molar refractivity (Wildman–Crippen MR) is 79.5 cm³/mol. The van der Waals surface area contributed by atoms with Crippen LogP contribution >= 0.6 is 0 Å². The maximum absolute atomic E-state index is 12.0. The molecule has 1 aliphatic carbocycles. The minimum Gasteiger partial charge on any atom is -0.454 e. The fraction of sp³-hybridized carbons (Fsp3) is 0.188. The van der Waals surface area contributed by atoms with Crippen molar-refractivity contribution in [2.75, 3.05) is 0 Å². The molecule has 0 bridgehead atoms. The first kappa shape index (κ1) is 14.1. The molecule has 0 radical (unpaired) electrons. The number of aromatic nitrogens is 1. The highest BCUT2D eigenvalue weighted by molar-refractivity contribution is 5.89. The molecular formula is C16H14N2O4. The van der Waals surface area contributed by atoms with E-state index in [0.29, 0.717) is 12.0 Å². The fourth-order valence-electron chi connectivity index (χ4n) is 2.45. The Bertz CT molecular complexity index is 704. The molecule has 0 unspecified atom stereocenters. The molecule has 112 valence electrons. The Hall–Kier alpha value is -2.89. The largest absolute Gasteiger partial charge is 0.454 e. The van der Waals surface area contributed by atoms with Gasteiger partial charge >= 0.3 is 5.97 Å². The Kier molecular flexibility index (Phi) is 3.74. The standard InChI is InChI=1S/C16H14N2O4/c19-16(12-3-5-13(6-4-12)18(20)21)22-15-8-7-14(11-15)17-9-1-2-10-17/h1-10,14-15H,11H2/t14-,15-/m0/s1. The molecule has 0 fully saturated rings. The maximum Gasteiger partial charge on any atom is 0.338 e. The van der Waals surface area contributed by atoms with Crippen LogP contribution in [0.2, 0.25) is 0 Å². The van der Waals surface area contributed by atoms with Gasteiger partial charge in [0, 0.05) is 30.9 Å². The van der Waals surface area contributed by atoms with Crippen molar-refractivity contribution in [3.8, 4) is 0 Å². The lowest BCUT2D eigenvalue weighted by atomic mass is 10.2. The van der Waals surface area contributed by atoms with Gasteiger partial charge in [0.1, 0.15) is 6.10 Å². The van der Waals surface area contributed by atoms with E-state index in [4.69, 9.17) is 4.74 Å².